The Bertz CT molecular complexity index is 429. The number of ether oxygens (including phenoxy) is 2. The summed E-state index contributed by atoms with van der Waals surface area (Å²) in [6.07, 6.45) is 7.66. The summed E-state index contributed by atoms with van der Waals surface area (Å²) >= 11 is 0. The van der Waals surface area contributed by atoms with Gasteiger partial charge >= 0.3 is 5.97 Å². The topological polar surface area (TPSA) is 79.3 Å². The Morgan fingerprint density at radius 1 is 1.08 bits per heavy atom. The third-order valence-electron chi connectivity index (χ3n) is 4.37. The molecule has 2 fully saturated rings. The molecule has 136 valence electrons. The van der Waals surface area contributed by atoms with Crippen molar-refractivity contribution in [3.63, 3.8) is 0 Å². The van der Waals surface area contributed by atoms with Crippen molar-refractivity contribution >= 4 is 11.9 Å². The van der Waals surface area contributed by atoms with Gasteiger partial charge in [0.15, 0.2) is 6.10 Å². The number of hydrogen-bond acceptors (Lipinski definition) is 5. The number of aliphatic carboxylic acids is 1. The van der Waals surface area contributed by atoms with Crippen LogP contribution >= 0.6 is 0 Å². The van der Waals surface area contributed by atoms with Crippen LogP contribution in [-0.2, 0) is 19.1 Å². The second-order valence-corrected chi connectivity index (χ2v) is 6.28. The highest BCUT2D eigenvalue weighted by atomic mass is 16.7. The van der Waals surface area contributed by atoms with Crippen LogP contribution in [0, 0.1) is 0 Å². The lowest BCUT2D eigenvalue weighted by Crippen LogP contribution is -2.28. The average Bonchev–Trinajstić information content (AvgIpc) is 3.26. The van der Waals surface area contributed by atoms with Crippen LogP contribution in [0.15, 0.2) is 12.2 Å². The molecule has 0 aliphatic carbocycles. The van der Waals surface area contributed by atoms with E-state index in [-0.39, 0.29) is 12.7 Å². The molecule has 0 unspecified atom stereocenters. The van der Waals surface area contributed by atoms with Crippen LogP contribution in [0.5, 0.6) is 0 Å². The molecule has 24 heavy (non-hydrogen) atoms. The number of hydrogen-bond donors (Lipinski definition) is 1. The summed E-state index contributed by atoms with van der Waals surface area (Å²) < 4.78 is 10.7. The van der Waals surface area contributed by atoms with Crippen molar-refractivity contribution in [1.29, 1.82) is 0 Å². The minimum Gasteiger partial charge on any atom is -0.479 e. The predicted octanol–water partition coefficient (Wildman–Crippen LogP) is 1.44. The van der Waals surface area contributed by atoms with E-state index in [9.17, 15) is 14.7 Å². The molecule has 1 N–H and O–H groups in total. The van der Waals surface area contributed by atoms with Gasteiger partial charge in [0.1, 0.15) is 13.5 Å². The number of carboxylic acids is 1. The van der Waals surface area contributed by atoms with Crippen molar-refractivity contribution in [3.05, 3.63) is 12.2 Å². The first-order valence-electron chi connectivity index (χ1n) is 8.77. The van der Waals surface area contributed by atoms with Crippen LogP contribution in [0.1, 0.15) is 38.5 Å². The maximum absolute atomic E-state index is 11.8. The Morgan fingerprint density at radius 3 is 2.42 bits per heavy atom. The Labute approximate surface area is 143 Å². The van der Waals surface area contributed by atoms with Gasteiger partial charge in [0, 0.05) is 26.2 Å². The van der Waals surface area contributed by atoms with Crippen molar-refractivity contribution in [3.8, 4) is 0 Å². The van der Waals surface area contributed by atoms with Gasteiger partial charge in [0.25, 0.3) is 0 Å². The minimum atomic E-state index is -1.00. The highest BCUT2D eigenvalue weighted by Gasteiger charge is 2.18. The molecule has 2 aliphatic rings. The summed E-state index contributed by atoms with van der Waals surface area (Å²) in [4.78, 5) is 27.0. The summed E-state index contributed by atoms with van der Waals surface area (Å²) in [5.41, 5.74) is 0. The van der Waals surface area contributed by atoms with E-state index in [4.69, 9.17) is 9.47 Å². The van der Waals surface area contributed by atoms with Gasteiger partial charge in [-0.05, 0) is 44.6 Å². The predicted molar refractivity (Wildman–Crippen MR) is 88.3 cm³/mol. The van der Waals surface area contributed by atoms with E-state index in [1.807, 2.05) is 4.90 Å². The van der Waals surface area contributed by atoms with E-state index in [0.717, 1.165) is 39.0 Å². The lowest BCUT2D eigenvalue weighted by atomic mass is 10.2. The van der Waals surface area contributed by atoms with Crippen LogP contribution in [0.2, 0.25) is 0 Å². The molecule has 2 heterocycles. The van der Waals surface area contributed by atoms with E-state index in [1.165, 1.54) is 18.9 Å². The van der Waals surface area contributed by atoms with Gasteiger partial charge in [-0.3, -0.25) is 9.69 Å². The van der Waals surface area contributed by atoms with Gasteiger partial charge < -0.3 is 19.5 Å². The number of nitrogens with zero attached hydrogens (tertiary/aromatic N) is 2. The number of carbonyl (C=O) groups is 2. The number of rotatable bonds is 10. The van der Waals surface area contributed by atoms with Gasteiger partial charge in [-0.2, -0.15) is 0 Å². The van der Waals surface area contributed by atoms with Gasteiger partial charge in [0.05, 0.1) is 0 Å². The zero-order chi connectivity index (χ0) is 17.2. The number of amides is 1. The van der Waals surface area contributed by atoms with Gasteiger partial charge in [-0.1, -0.05) is 6.08 Å². The van der Waals surface area contributed by atoms with Crippen molar-refractivity contribution in [1.82, 2.24) is 9.80 Å². The third kappa shape index (κ3) is 6.59. The monoisotopic (exact) mass is 340 g/mol. The summed E-state index contributed by atoms with van der Waals surface area (Å²) in [7, 11) is 0. The molecule has 7 heteroatoms. The molecule has 0 radical (unpaired) electrons. The number of likely N-dealkylation sites (tertiary alicyclic amines) is 2. The second-order valence-electron chi connectivity index (χ2n) is 6.28. The minimum absolute atomic E-state index is 0.00856. The zero-order valence-corrected chi connectivity index (χ0v) is 14.2. The molecular formula is C17H28N2O5. The molecule has 0 aromatic carbocycles. The van der Waals surface area contributed by atoms with Crippen LogP contribution in [-0.4, -0.2) is 72.6 Å². The molecule has 0 aromatic rings. The normalized spacial score (nSPS) is 20.1. The van der Waals surface area contributed by atoms with Crippen LogP contribution in [0.3, 0.4) is 0 Å². The van der Waals surface area contributed by atoms with Gasteiger partial charge in [-0.15, -0.1) is 0 Å². The average molecular weight is 340 g/mol. The Morgan fingerprint density at radius 2 is 1.75 bits per heavy atom. The maximum Gasteiger partial charge on any atom is 0.332 e. The molecule has 2 rings (SSSR count). The largest absolute Gasteiger partial charge is 0.479 e. The van der Waals surface area contributed by atoms with Crippen LogP contribution in [0.25, 0.3) is 0 Å². The molecule has 0 aromatic heterocycles. The van der Waals surface area contributed by atoms with Crippen molar-refractivity contribution in [2.24, 2.45) is 0 Å². The number of carboxylic acid groups (broad SMARTS) is 1. The van der Waals surface area contributed by atoms with Gasteiger partial charge in [0.2, 0.25) is 5.91 Å². The fourth-order valence-corrected chi connectivity index (χ4v) is 2.96. The molecular weight excluding hydrogens is 312 g/mol. The first-order valence-corrected chi connectivity index (χ1v) is 8.77. The van der Waals surface area contributed by atoms with Crippen molar-refractivity contribution in [2.75, 3.05) is 39.7 Å². The molecule has 0 bridgehead atoms. The SMILES string of the molecule is O=C(O)[C@H](CC/C=C/C(=O)N1CCCC1)OCOCN1CCCC1. The number of carbonyl (C=O) groups excluding carboxylic acids is 1. The quantitative estimate of drug-likeness (QED) is 0.368. The van der Waals surface area contributed by atoms with E-state index in [2.05, 4.69) is 4.90 Å². The van der Waals surface area contributed by atoms with Crippen molar-refractivity contribution < 1.29 is 24.2 Å². The van der Waals surface area contributed by atoms with Crippen LogP contribution < -0.4 is 0 Å². The van der Waals surface area contributed by atoms with E-state index in [1.54, 1.807) is 6.08 Å². The molecule has 7 nitrogen and oxygen atoms in total. The van der Waals surface area contributed by atoms with Gasteiger partial charge in [-0.25, -0.2) is 4.79 Å². The fraction of sp³-hybridized carbons (Fsp3) is 0.765. The smallest absolute Gasteiger partial charge is 0.332 e. The first kappa shape index (κ1) is 18.9. The molecule has 1 atom stereocenters. The van der Waals surface area contributed by atoms with E-state index >= 15 is 0 Å². The van der Waals surface area contributed by atoms with E-state index < -0.39 is 12.1 Å². The third-order valence-corrected chi connectivity index (χ3v) is 4.37. The fourth-order valence-electron chi connectivity index (χ4n) is 2.96. The molecule has 2 aliphatic heterocycles. The van der Waals surface area contributed by atoms with E-state index in [0.29, 0.717) is 19.6 Å². The molecule has 0 spiro atoms. The lowest BCUT2D eigenvalue weighted by Gasteiger charge is -2.17. The maximum atomic E-state index is 11.8. The number of allylic oxidation sites excluding steroid dienone is 1. The summed E-state index contributed by atoms with van der Waals surface area (Å²) in [6.45, 7) is 4.15. The standard InChI is InChI=1S/C17H28N2O5/c20-16(19-11-5-6-12-19)8-2-1-7-15(17(21)22)24-14-23-13-18-9-3-4-10-18/h2,8,15H,1,3-7,9-14H2,(H,21,22)/b8-2+/t15-/m0/s1. The highest BCUT2D eigenvalue weighted by Crippen LogP contribution is 2.10. The Hall–Kier alpha value is -1.44. The Kier molecular flexibility index (Phi) is 8.21. The van der Waals surface area contributed by atoms with Crippen LogP contribution in [0.4, 0.5) is 0 Å². The lowest BCUT2D eigenvalue weighted by molar-refractivity contribution is -0.165. The highest BCUT2D eigenvalue weighted by molar-refractivity contribution is 5.87. The second kappa shape index (κ2) is 10.4. The first-order chi connectivity index (χ1) is 11.7. The Balaban J connectivity index is 1.59. The zero-order valence-electron chi connectivity index (χ0n) is 14.2. The molecule has 2 saturated heterocycles. The van der Waals surface area contributed by atoms with Crippen molar-refractivity contribution in [2.45, 2.75) is 44.6 Å². The summed E-state index contributed by atoms with van der Waals surface area (Å²) in [6, 6.07) is 0. The molecule has 1 amide bonds. The summed E-state index contributed by atoms with van der Waals surface area (Å²) in [5, 5.41) is 9.18. The molecule has 0 saturated carbocycles. The summed E-state index contributed by atoms with van der Waals surface area (Å²) in [5.74, 6) is -0.992.